The first-order chi connectivity index (χ1) is 13.7. The van der Waals surface area contributed by atoms with Gasteiger partial charge in [0.1, 0.15) is 18.2 Å². The summed E-state index contributed by atoms with van der Waals surface area (Å²) in [5, 5.41) is 7.41. The molecule has 1 aromatic carbocycles. The SMILES string of the molecule is O=C(NC1C2CC1N(CCOc1cccc(F)c1)C2)c1cc2ncccn2n1. The highest BCUT2D eigenvalue weighted by Gasteiger charge is 2.52. The van der Waals surface area contributed by atoms with Gasteiger partial charge in [-0.25, -0.2) is 13.9 Å². The van der Waals surface area contributed by atoms with Crippen LogP contribution in [-0.4, -0.2) is 57.2 Å². The summed E-state index contributed by atoms with van der Waals surface area (Å²) in [5.41, 5.74) is 1.03. The number of hydrogen-bond donors (Lipinski definition) is 1. The first-order valence-corrected chi connectivity index (χ1v) is 9.41. The molecule has 1 aliphatic carbocycles. The van der Waals surface area contributed by atoms with Gasteiger partial charge in [0.05, 0.1) is 0 Å². The van der Waals surface area contributed by atoms with Gasteiger partial charge in [0.2, 0.25) is 0 Å². The van der Waals surface area contributed by atoms with Crippen molar-refractivity contribution >= 4 is 11.6 Å². The minimum Gasteiger partial charge on any atom is -0.492 e. The third-order valence-corrected chi connectivity index (χ3v) is 5.61. The van der Waals surface area contributed by atoms with Gasteiger partial charge in [-0.3, -0.25) is 9.69 Å². The molecule has 2 aliphatic heterocycles. The molecule has 8 heteroatoms. The number of carbonyl (C=O) groups excluding carboxylic acids is 1. The molecule has 2 bridgehead atoms. The van der Waals surface area contributed by atoms with Crippen LogP contribution >= 0.6 is 0 Å². The van der Waals surface area contributed by atoms with Crippen LogP contribution in [0.25, 0.3) is 5.65 Å². The molecule has 6 rings (SSSR count). The van der Waals surface area contributed by atoms with Gasteiger partial charge in [0, 0.05) is 49.7 Å². The molecular weight excluding hydrogens is 361 g/mol. The number of carbonyl (C=O) groups is 1. The second-order valence-corrected chi connectivity index (χ2v) is 7.32. The van der Waals surface area contributed by atoms with Crippen molar-refractivity contribution in [3.05, 3.63) is 60.3 Å². The Labute approximate surface area is 161 Å². The van der Waals surface area contributed by atoms with Crippen molar-refractivity contribution in [3.63, 3.8) is 0 Å². The zero-order chi connectivity index (χ0) is 19.1. The third kappa shape index (κ3) is 3.09. The van der Waals surface area contributed by atoms with Crippen LogP contribution < -0.4 is 10.1 Å². The van der Waals surface area contributed by atoms with E-state index < -0.39 is 0 Å². The number of ether oxygens (including phenoxy) is 1. The van der Waals surface area contributed by atoms with E-state index in [0.717, 1.165) is 19.5 Å². The van der Waals surface area contributed by atoms with Crippen LogP contribution in [0.5, 0.6) is 5.75 Å². The predicted molar refractivity (Wildman–Crippen MR) is 99.6 cm³/mol. The van der Waals surface area contributed by atoms with Crippen LogP contribution in [0.1, 0.15) is 16.9 Å². The van der Waals surface area contributed by atoms with Crippen LogP contribution in [0.4, 0.5) is 4.39 Å². The van der Waals surface area contributed by atoms with E-state index in [1.807, 2.05) is 0 Å². The molecule has 28 heavy (non-hydrogen) atoms. The zero-order valence-electron chi connectivity index (χ0n) is 15.2. The Hall–Kier alpha value is -3.00. The van der Waals surface area contributed by atoms with Crippen molar-refractivity contribution in [1.29, 1.82) is 0 Å². The summed E-state index contributed by atoms with van der Waals surface area (Å²) in [6.07, 6.45) is 4.53. The van der Waals surface area contributed by atoms with Crippen molar-refractivity contribution < 1.29 is 13.9 Å². The van der Waals surface area contributed by atoms with E-state index in [0.29, 0.717) is 35.7 Å². The van der Waals surface area contributed by atoms with E-state index in [2.05, 4.69) is 20.3 Å². The van der Waals surface area contributed by atoms with Gasteiger partial charge < -0.3 is 10.1 Å². The fourth-order valence-corrected chi connectivity index (χ4v) is 4.20. The molecule has 3 unspecified atom stereocenters. The molecule has 0 spiro atoms. The van der Waals surface area contributed by atoms with Gasteiger partial charge in [-0.15, -0.1) is 0 Å². The summed E-state index contributed by atoms with van der Waals surface area (Å²) in [6, 6.07) is 10.1. The van der Waals surface area contributed by atoms with Crippen LogP contribution in [0.15, 0.2) is 48.8 Å². The fourth-order valence-electron chi connectivity index (χ4n) is 4.20. The van der Waals surface area contributed by atoms with Gasteiger partial charge in [0.15, 0.2) is 11.3 Å². The van der Waals surface area contributed by atoms with Crippen molar-refractivity contribution in [1.82, 2.24) is 24.8 Å². The highest BCUT2D eigenvalue weighted by atomic mass is 19.1. The first kappa shape index (κ1) is 17.1. The molecule has 7 nitrogen and oxygen atoms in total. The second kappa shape index (κ2) is 6.87. The molecule has 0 radical (unpaired) electrons. The Morgan fingerprint density at radius 1 is 1.32 bits per heavy atom. The van der Waals surface area contributed by atoms with E-state index in [1.54, 1.807) is 41.2 Å². The molecular formula is C20H20FN5O2. The lowest BCUT2D eigenvalue weighted by Gasteiger charge is -2.37. The molecule has 1 N–H and O–H groups in total. The maximum absolute atomic E-state index is 13.2. The van der Waals surface area contributed by atoms with Gasteiger partial charge in [-0.2, -0.15) is 5.10 Å². The molecule has 3 atom stereocenters. The molecule has 3 fully saturated rings. The van der Waals surface area contributed by atoms with E-state index >= 15 is 0 Å². The zero-order valence-corrected chi connectivity index (χ0v) is 15.2. The van der Waals surface area contributed by atoms with Crippen LogP contribution in [0, 0.1) is 11.7 Å². The van der Waals surface area contributed by atoms with E-state index in [-0.39, 0.29) is 17.8 Å². The van der Waals surface area contributed by atoms with Crippen LogP contribution in [0.3, 0.4) is 0 Å². The maximum atomic E-state index is 13.2. The maximum Gasteiger partial charge on any atom is 0.272 e. The molecule has 1 amide bonds. The van der Waals surface area contributed by atoms with Crippen molar-refractivity contribution in [2.45, 2.75) is 18.5 Å². The Balaban J connectivity index is 1.16. The minimum atomic E-state index is -0.300. The Morgan fingerprint density at radius 2 is 2.25 bits per heavy atom. The van der Waals surface area contributed by atoms with Crippen molar-refractivity contribution in [3.8, 4) is 5.75 Å². The molecule has 4 heterocycles. The lowest BCUT2D eigenvalue weighted by atomic mass is 9.80. The quantitative estimate of drug-likeness (QED) is 0.704. The fraction of sp³-hybridized carbons (Fsp3) is 0.350. The number of halogens is 1. The Kier molecular flexibility index (Phi) is 4.20. The number of amides is 1. The number of hydrogen-bond acceptors (Lipinski definition) is 5. The molecule has 3 aliphatic rings. The average molecular weight is 381 g/mol. The first-order valence-electron chi connectivity index (χ1n) is 9.41. The number of nitrogens with zero attached hydrogens (tertiary/aromatic N) is 4. The number of rotatable bonds is 6. The highest BCUT2D eigenvalue weighted by Crippen LogP contribution is 2.40. The molecule has 2 aromatic heterocycles. The summed E-state index contributed by atoms with van der Waals surface area (Å²) >= 11 is 0. The highest BCUT2D eigenvalue weighted by molar-refractivity contribution is 5.93. The topological polar surface area (TPSA) is 71.8 Å². The number of aromatic nitrogens is 3. The number of nitrogens with one attached hydrogen (secondary N) is 1. The minimum absolute atomic E-state index is 0.138. The van der Waals surface area contributed by atoms with E-state index in [1.165, 1.54) is 12.1 Å². The third-order valence-electron chi connectivity index (χ3n) is 5.61. The second-order valence-electron chi connectivity index (χ2n) is 7.32. The molecule has 1 saturated carbocycles. The van der Waals surface area contributed by atoms with Gasteiger partial charge in [0.25, 0.3) is 5.91 Å². The smallest absolute Gasteiger partial charge is 0.272 e. The summed E-state index contributed by atoms with van der Waals surface area (Å²) in [4.78, 5) is 19.1. The molecule has 2 saturated heterocycles. The Morgan fingerprint density at radius 3 is 3.11 bits per heavy atom. The van der Waals surface area contributed by atoms with Gasteiger partial charge in [-0.05, 0) is 30.5 Å². The average Bonchev–Trinajstić information content (AvgIpc) is 3.38. The predicted octanol–water partition coefficient (Wildman–Crippen LogP) is 1.75. The van der Waals surface area contributed by atoms with Crippen LogP contribution in [-0.2, 0) is 0 Å². The number of fused-ring (bicyclic) bond motifs is 2. The van der Waals surface area contributed by atoms with Crippen molar-refractivity contribution in [2.24, 2.45) is 5.92 Å². The summed E-state index contributed by atoms with van der Waals surface area (Å²) < 4.78 is 20.4. The standard InChI is InChI=1S/C20H20FN5O2/c21-14-3-1-4-15(10-14)28-8-7-25-12-13-9-17(25)19(13)23-20(27)16-11-18-22-5-2-6-26(18)24-16/h1-6,10-11,13,17,19H,7-9,12H2,(H,23,27). The lowest BCUT2D eigenvalue weighted by Crippen LogP contribution is -2.54. The van der Waals surface area contributed by atoms with Crippen LogP contribution in [0.2, 0.25) is 0 Å². The van der Waals surface area contributed by atoms with E-state index in [4.69, 9.17) is 4.74 Å². The molecule has 144 valence electrons. The van der Waals surface area contributed by atoms with Gasteiger partial charge in [-0.1, -0.05) is 6.07 Å². The summed E-state index contributed by atoms with van der Waals surface area (Å²) in [7, 11) is 0. The van der Waals surface area contributed by atoms with Gasteiger partial charge >= 0.3 is 0 Å². The summed E-state index contributed by atoms with van der Waals surface area (Å²) in [6.45, 7) is 2.18. The lowest BCUT2D eigenvalue weighted by molar-refractivity contribution is 0.0858. The normalized spacial score (nSPS) is 23.5. The monoisotopic (exact) mass is 381 g/mol. The van der Waals surface area contributed by atoms with E-state index in [9.17, 15) is 9.18 Å². The molecule has 3 aromatic rings. The number of benzene rings is 1. The Bertz CT molecular complexity index is 990. The van der Waals surface area contributed by atoms with Crippen molar-refractivity contribution in [2.75, 3.05) is 19.7 Å². The largest absolute Gasteiger partial charge is 0.492 e. The summed E-state index contributed by atoms with van der Waals surface area (Å²) in [5.74, 6) is 0.532.